The summed E-state index contributed by atoms with van der Waals surface area (Å²) in [6, 6.07) is 32.9. The summed E-state index contributed by atoms with van der Waals surface area (Å²) in [7, 11) is 0. The second-order valence-electron chi connectivity index (χ2n) is 14.9. The molecule has 2 aliphatic heterocycles. The number of nitrogens with one attached hydrogen (secondary N) is 1. The molecule has 2 aliphatic rings. The van der Waals surface area contributed by atoms with Crippen LogP contribution in [0, 0.1) is 0 Å². The maximum absolute atomic E-state index is 12.4. The molecule has 4 aromatic carbocycles. The average Bonchev–Trinajstić information content (AvgIpc) is 3.24. The van der Waals surface area contributed by atoms with Crippen LogP contribution in [-0.4, -0.2) is 83.0 Å². The molecule has 0 spiro atoms. The van der Waals surface area contributed by atoms with Gasteiger partial charge in [0.15, 0.2) is 24.6 Å². The van der Waals surface area contributed by atoms with Gasteiger partial charge in [-0.1, -0.05) is 91.1 Å². The smallest absolute Gasteiger partial charge is 0.303 e. The van der Waals surface area contributed by atoms with Gasteiger partial charge in [-0.15, -0.1) is 11.8 Å². The van der Waals surface area contributed by atoms with Crippen molar-refractivity contribution < 1.29 is 57.4 Å². The summed E-state index contributed by atoms with van der Waals surface area (Å²) in [6.07, 6.45) is -7.69. The second kappa shape index (κ2) is 21.6. The van der Waals surface area contributed by atoms with Crippen LogP contribution in [0.15, 0.2) is 108 Å². The molecule has 6 rings (SSSR count). The number of thiocarbonyl (C=S) groups is 1. The van der Waals surface area contributed by atoms with Gasteiger partial charge in [-0.05, 0) is 41.0 Å². The summed E-state index contributed by atoms with van der Waals surface area (Å²) in [5.74, 6) is -2.45. The number of thioether (sulfide) groups is 1. The van der Waals surface area contributed by atoms with Crippen LogP contribution in [0.5, 0.6) is 0 Å². The first-order chi connectivity index (χ1) is 29.8. The van der Waals surface area contributed by atoms with E-state index in [-0.39, 0.29) is 36.6 Å². The summed E-state index contributed by atoms with van der Waals surface area (Å²) in [5, 5.41) is 13.0. The van der Waals surface area contributed by atoms with Crippen LogP contribution in [-0.2, 0) is 58.9 Å². The number of para-hydroxylation sites is 1. The summed E-state index contributed by atoms with van der Waals surface area (Å²) in [5.41, 5.74) is 11.0. The zero-order valence-electron chi connectivity index (χ0n) is 34.7. The van der Waals surface area contributed by atoms with Gasteiger partial charge in [-0.2, -0.15) is 0 Å². The number of benzene rings is 4. The maximum Gasteiger partial charge on any atom is 0.303 e. The fraction of sp³-hybridized carbons (Fsp3) is 0.370. The molecule has 4 aromatic rings. The van der Waals surface area contributed by atoms with E-state index >= 15 is 0 Å². The molecule has 14 nitrogen and oxygen atoms in total. The van der Waals surface area contributed by atoms with Gasteiger partial charge in [0.25, 0.3) is 0 Å². The minimum atomic E-state index is -1.32. The molecule has 2 fully saturated rings. The largest absolute Gasteiger partial charge is 0.463 e. The van der Waals surface area contributed by atoms with Gasteiger partial charge in [-0.3, -0.25) is 19.2 Å². The van der Waals surface area contributed by atoms with E-state index in [1.54, 1.807) is 11.8 Å². The lowest BCUT2D eigenvalue weighted by molar-refractivity contribution is -0.255. The number of aliphatic hydroxyl groups excluding tert-OH is 1. The highest BCUT2D eigenvalue weighted by Crippen LogP contribution is 2.48. The Morgan fingerprint density at radius 1 is 0.694 bits per heavy atom. The first-order valence-corrected chi connectivity index (χ1v) is 21.4. The van der Waals surface area contributed by atoms with Crippen LogP contribution in [0.4, 0.5) is 11.4 Å². The van der Waals surface area contributed by atoms with Crippen molar-refractivity contribution >= 4 is 64.2 Å². The van der Waals surface area contributed by atoms with Crippen LogP contribution >= 0.6 is 24.0 Å². The third-order valence-corrected chi connectivity index (χ3v) is 11.7. The van der Waals surface area contributed by atoms with Gasteiger partial charge in [0, 0.05) is 67.6 Å². The number of nitrogen functional groups attached to an aromatic ring is 1. The molecule has 1 unspecified atom stereocenters. The molecule has 0 bridgehead atoms. The number of rotatable bonds is 15. The summed E-state index contributed by atoms with van der Waals surface area (Å²) < 4.78 is 42.0. The fourth-order valence-electron chi connectivity index (χ4n) is 7.58. The molecule has 0 amide bonds. The Bertz CT molecular complexity index is 2190. The van der Waals surface area contributed by atoms with Gasteiger partial charge < -0.3 is 49.3 Å². The molecule has 0 saturated carbocycles. The third-order valence-electron chi connectivity index (χ3n) is 10.2. The van der Waals surface area contributed by atoms with E-state index in [9.17, 15) is 24.3 Å². The van der Waals surface area contributed by atoms with Crippen molar-refractivity contribution in [2.75, 3.05) is 23.4 Å². The van der Waals surface area contributed by atoms with Gasteiger partial charge in [0.2, 0.25) is 0 Å². The predicted molar refractivity (Wildman–Crippen MR) is 234 cm³/mol. The summed E-state index contributed by atoms with van der Waals surface area (Å²) >= 11 is 7.44. The van der Waals surface area contributed by atoms with E-state index in [1.807, 2.05) is 91.0 Å². The second-order valence-corrected chi connectivity index (χ2v) is 16.4. The quantitative estimate of drug-likeness (QED) is 0.0373. The van der Waals surface area contributed by atoms with E-state index in [0.717, 1.165) is 35.4 Å². The SMILES string of the molecule is CC(=O)OC[C@H]1O[C@@H](CC(=S)Nc2cccc(C3O[C@H](CSc4ccccc4N)[C@@H](c4ccccc4)[C@H](c4ccc(CO)cc4)O3)c2)[C@H](OC(C)=O)[C@@H](OC(C)=O)[C@@H]1OC(C)=O. The van der Waals surface area contributed by atoms with Crippen molar-refractivity contribution in [2.24, 2.45) is 0 Å². The number of anilines is 2. The first-order valence-electron chi connectivity index (χ1n) is 20.0. The van der Waals surface area contributed by atoms with Crippen LogP contribution in [0.1, 0.15) is 74.7 Å². The molecule has 0 aromatic heterocycles. The third kappa shape index (κ3) is 12.2. The number of hydrogen-bond donors (Lipinski definition) is 3. The monoisotopic (exact) mass is 886 g/mol. The highest BCUT2D eigenvalue weighted by atomic mass is 32.2. The van der Waals surface area contributed by atoms with E-state index in [2.05, 4.69) is 17.4 Å². The molecule has 16 heteroatoms. The molecule has 62 heavy (non-hydrogen) atoms. The molecule has 328 valence electrons. The first kappa shape index (κ1) is 46.2. The predicted octanol–water partition coefficient (Wildman–Crippen LogP) is 6.75. The number of nitrogens with two attached hydrogens (primary N) is 1. The summed E-state index contributed by atoms with van der Waals surface area (Å²) in [6.45, 7) is 4.27. The summed E-state index contributed by atoms with van der Waals surface area (Å²) in [4.78, 5) is 49.9. The van der Waals surface area contributed by atoms with Crippen molar-refractivity contribution in [2.45, 2.75) is 101 Å². The zero-order valence-corrected chi connectivity index (χ0v) is 36.3. The Morgan fingerprint density at radius 2 is 1.32 bits per heavy atom. The van der Waals surface area contributed by atoms with Crippen LogP contribution in [0.3, 0.4) is 0 Å². The molecule has 4 N–H and O–H groups in total. The zero-order chi connectivity index (χ0) is 44.3. The lowest BCUT2D eigenvalue weighted by Gasteiger charge is -2.44. The van der Waals surface area contributed by atoms with Crippen molar-refractivity contribution in [3.8, 4) is 0 Å². The minimum absolute atomic E-state index is 0.0539. The van der Waals surface area contributed by atoms with E-state index in [4.69, 9.17) is 51.1 Å². The van der Waals surface area contributed by atoms with Gasteiger partial charge >= 0.3 is 23.9 Å². The lowest BCUT2D eigenvalue weighted by atomic mass is 9.84. The van der Waals surface area contributed by atoms with Crippen LogP contribution in [0.2, 0.25) is 0 Å². The number of ether oxygens (including phenoxy) is 7. The fourth-order valence-corrected chi connectivity index (χ4v) is 8.90. The molecular weight excluding hydrogens is 837 g/mol. The van der Waals surface area contributed by atoms with Crippen molar-refractivity contribution in [3.63, 3.8) is 0 Å². The molecule has 0 aliphatic carbocycles. The topological polar surface area (TPSA) is 191 Å². The Kier molecular flexibility index (Phi) is 16.1. The van der Waals surface area contributed by atoms with E-state index in [0.29, 0.717) is 22.7 Å². The Hall–Kier alpha value is -5.36. The highest BCUT2D eigenvalue weighted by Gasteiger charge is 2.52. The minimum Gasteiger partial charge on any atom is -0.463 e. The average molecular weight is 887 g/mol. The van der Waals surface area contributed by atoms with Gasteiger partial charge in [-0.25, -0.2) is 0 Å². The molecule has 2 saturated heterocycles. The standard InChI is InChI=1S/C46H50N2O12S2/c1-26(50)54-24-37-44(56-28(3)52)45(57-29(4)53)43(55-27(2)51)36(58-37)22-40(61)48-34-14-10-13-33(21-34)46-59-38(25-62-39-16-9-8-15-35(39)47)41(31-11-6-5-7-12-31)42(60-46)32-19-17-30(23-49)18-20-32/h5-21,36-38,41-46,49H,22-25,47H2,1-4H3,(H,48,61)/t36-,37+,38+,41+,42-,43-,44+,45+,46?/m0/s1. The van der Waals surface area contributed by atoms with Crippen molar-refractivity contribution in [1.82, 2.24) is 0 Å². The van der Waals surface area contributed by atoms with Crippen molar-refractivity contribution in [1.29, 1.82) is 0 Å². The molecule has 0 radical (unpaired) electrons. The highest BCUT2D eigenvalue weighted by molar-refractivity contribution is 7.99. The molecule has 2 heterocycles. The number of esters is 4. The number of carbonyl (C=O) groups excluding carboxylic acids is 4. The Morgan fingerprint density at radius 3 is 1.97 bits per heavy atom. The molecule has 9 atom stereocenters. The Labute approximate surface area is 369 Å². The lowest BCUT2D eigenvalue weighted by Crippen LogP contribution is -2.62. The van der Waals surface area contributed by atoms with Crippen LogP contribution < -0.4 is 11.1 Å². The van der Waals surface area contributed by atoms with E-state index < -0.39 is 66.8 Å². The Balaban J connectivity index is 1.28. The number of aliphatic hydroxyl groups is 1. The maximum atomic E-state index is 12.4. The normalized spacial score (nSPS) is 24.6. The van der Waals surface area contributed by atoms with E-state index in [1.165, 1.54) is 13.8 Å². The molecular formula is C46H50N2O12S2. The number of hydrogen-bond acceptors (Lipinski definition) is 15. The van der Waals surface area contributed by atoms with Gasteiger partial charge in [0.1, 0.15) is 18.8 Å². The number of carbonyl (C=O) groups is 4. The van der Waals surface area contributed by atoms with Crippen LogP contribution in [0.25, 0.3) is 0 Å². The van der Waals surface area contributed by atoms with Gasteiger partial charge in [0.05, 0.1) is 23.8 Å². The van der Waals surface area contributed by atoms with Crippen molar-refractivity contribution in [3.05, 3.63) is 125 Å².